The molecular weight excluding hydrogens is 136 g/mol. The standard InChI is InChI=1S/C6H8O4/c1-9-5(7)6(8)10-4-2-3-4/h4H,2-3H2,1H3. The molecule has 1 aliphatic carbocycles. The van der Waals surface area contributed by atoms with Gasteiger partial charge in [0.1, 0.15) is 6.10 Å². The molecule has 1 saturated carbocycles. The Kier molecular flexibility index (Phi) is 1.89. The van der Waals surface area contributed by atoms with E-state index in [0.29, 0.717) is 0 Å². The molecule has 1 aliphatic rings. The predicted molar refractivity (Wildman–Crippen MR) is 31.1 cm³/mol. The van der Waals surface area contributed by atoms with Crippen molar-refractivity contribution in [1.29, 1.82) is 0 Å². The first-order valence-corrected chi connectivity index (χ1v) is 3.03. The Morgan fingerprint density at radius 3 is 2.30 bits per heavy atom. The van der Waals surface area contributed by atoms with Crippen LogP contribution >= 0.6 is 0 Å². The molecule has 0 saturated heterocycles. The van der Waals surface area contributed by atoms with E-state index < -0.39 is 11.9 Å². The van der Waals surface area contributed by atoms with Gasteiger partial charge in [-0.1, -0.05) is 0 Å². The maximum atomic E-state index is 10.5. The van der Waals surface area contributed by atoms with E-state index >= 15 is 0 Å². The smallest absolute Gasteiger partial charge is 0.417 e. The average Bonchev–Trinajstić information content (AvgIpc) is 2.70. The van der Waals surface area contributed by atoms with E-state index in [1.807, 2.05) is 0 Å². The fourth-order valence-corrected chi connectivity index (χ4v) is 0.469. The van der Waals surface area contributed by atoms with Crippen LogP contribution in [0.2, 0.25) is 0 Å². The zero-order chi connectivity index (χ0) is 7.56. The Morgan fingerprint density at radius 1 is 1.30 bits per heavy atom. The van der Waals surface area contributed by atoms with Crippen molar-refractivity contribution in [3.63, 3.8) is 0 Å². The molecule has 0 aromatic carbocycles. The number of carbonyl (C=O) groups is 2. The third-order valence-corrected chi connectivity index (χ3v) is 1.15. The van der Waals surface area contributed by atoms with Gasteiger partial charge in [0.15, 0.2) is 0 Å². The van der Waals surface area contributed by atoms with Crippen LogP contribution in [0.4, 0.5) is 0 Å². The Labute approximate surface area is 58.1 Å². The van der Waals surface area contributed by atoms with Crippen molar-refractivity contribution in [2.24, 2.45) is 0 Å². The van der Waals surface area contributed by atoms with Crippen LogP contribution in [0.25, 0.3) is 0 Å². The summed E-state index contributed by atoms with van der Waals surface area (Å²) in [5.74, 6) is -1.81. The molecule has 0 spiro atoms. The van der Waals surface area contributed by atoms with Gasteiger partial charge in [-0.25, -0.2) is 9.59 Å². The predicted octanol–water partition coefficient (Wildman–Crippen LogP) is -0.135. The molecule has 0 aromatic heterocycles. The van der Waals surface area contributed by atoms with Gasteiger partial charge in [-0.2, -0.15) is 0 Å². The van der Waals surface area contributed by atoms with Gasteiger partial charge in [0, 0.05) is 0 Å². The fraction of sp³-hybridized carbons (Fsp3) is 0.667. The number of hydrogen-bond acceptors (Lipinski definition) is 4. The van der Waals surface area contributed by atoms with Crippen molar-refractivity contribution in [2.75, 3.05) is 7.11 Å². The molecule has 0 bridgehead atoms. The van der Waals surface area contributed by atoms with Crippen LogP contribution in [0.3, 0.4) is 0 Å². The van der Waals surface area contributed by atoms with Crippen molar-refractivity contribution < 1.29 is 19.1 Å². The first-order chi connectivity index (χ1) is 4.74. The van der Waals surface area contributed by atoms with E-state index in [4.69, 9.17) is 0 Å². The number of methoxy groups -OCH3 is 1. The summed E-state index contributed by atoms with van der Waals surface area (Å²) in [5, 5.41) is 0. The lowest BCUT2D eigenvalue weighted by molar-refractivity contribution is -0.166. The molecule has 1 fully saturated rings. The molecular formula is C6H8O4. The van der Waals surface area contributed by atoms with Gasteiger partial charge in [0.05, 0.1) is 7.11 Å². The normalized spacial score (nSPS) is 16.1. The van der Waals surface area contributed by atoms with E-state index in [1.165, 1.54) is 0 Å². The summed E-state index contributed by atoms with van der Waals surface area (Å²) in [4.78, 5) is 20.9. The molecule has 0 aromatic rings. The first-order valence-electron chi connectivity index (χ1n) is 3.03. The lowest BCUT2D eigenvalue weighted by Crippen LogP contribution is -2.19. The molecule has 0 heterocycles. The Morgan fingerprint density at radius 2 is 1.90 bits per heavy atom. The van der Waals surface area contributed by atoms with Crippen molar-refractivity contribution in [3.05, 3.63) is 0 Å². The fourth-order valence-electron chi connectivity index (χ4n) is 0.469. The Balaban J connectivity index is 2.25. The van der Waals surface area contributed by atoms with Crippen molar-refractivity contribution in [2.45, 2.75) is 18.9 Å². The van der Waals surface area contributed by atoms with Crippen LogP contribution in [-0.4, -0.2) is 25.2 Å². The summed E-state index contributed by atoms with van der Waals surface area (Å²) in [7, 11) is 1.15. The van der Waals surface area contributed by atoms with Crippen LogP contribution in [0.1, 0.15) is 12.8 Å². The van der Waals surface area contributed by atoms with Crippen molar-refractivity contribution in [1.82, 2.24) is 0 Å². The summed E-state index contributed by atoms with van der Waals surface area (Å²) in [6.45, 7) is 0. The average molecular weight is 144 g/mol. The van der Waals surface area contributed by atoms with Crippen LogP contribution < -0.4 is 0 Å². The van der Waals surface area contributed by atoms with Gasteiger partial charge in [0.25, 0.3) is 0 Å². The monoisotopic (exact) mass is 144 g/mol. The number of carbonyl (C=O) groups excluding carboxylic acids is 2. The lowest BCUT2D eigenvalue weighted by atomic mass is 10.7. The minimum absolute atomic E-state index is 0.0356. The quantitative estimate of drug-likeness (QED) is 0.380. The topological polar surface area (TPSA) is 52.6 Å². The van der Waals surface area contributed by atoms with Gasteiger partial charge in [-0.05, 0) is 12.8 Å². The molecule has 4 nitrogen and oxygen atoms in total. The van der Waals surface area contributed by atoms with E-state index in [9.17, 15) is 9.59 Å². The minimum atomic E-state index is -0.924. The van der Waals surface area contributed by atoms with E-state index in [0.717, 1.165) is 20.0 Å². The maximum absolute atomic E-state index is 10.5. The van der Waals surface area contributed by atoms with E-state index in [1.54, 1.807) is 0 Å². The van der Waals surface area contributed by atoms with Gasteiger partial charge in [-0.15, -0.1) is 0 Å². The molecule has 0 aliphatic heterocycles. The van der Waals surface area contributed by atoms with Gasteiger partial charge >= 0.3 is 11.9 Å². The highest BCUT2D eigenvalue weighted by atomic mass is 16.6. The summed E-state index contributed by atoms with van der Waals surface area (Å²) in [5.41, 5.74) is 0. The summed E-state index contributed by atoms with van der Waals surface area (Å²) >= 11 is 0. The summed E-state index contributed by atoms with van der Waals surface area (Å²) < 4.78 is 8.73. The van der Waals surface area contributed by atoms with Crippen molar-refractivity contribution in [3.8, 4) is 0 Å². The lowest BCUT2D eigenvalue weighted by Gasteiger charge is -1.98. The SMILES string of the molecule is COC(=O)C(=O)OC1CC1. The molecule has 1 rings (SSSR count). The second-order valence-electron chi connectivity index (χ2n) is 2.10. The van der Waals surface area contributed by atoms with Crippen LogP contribution in [0.5, 0.6) is 0 Å². The third-order valence-electron chi connectivity index (χ3n) is 1.15. The zero-order valence-corrected chi connectivity index (χ0v) is 5.62. The Hall–Kier alpha value is -1.06. The zero-order valence-electron chi connectivity index (χ0n) is 5.62. The van der Waals surface area contributed by atoms with Crippen LogP contribution in [-0.2, 0) is 19.1 Å². The molecule has 0 radical (unpaired) electrons. The minimum Gasteiger partial charge on any atom is -0.461 e. The molecule has 0 atom stereocenters. The molecule has 4 heteroatoms. The second kappa shape index (κ2) is 2.68. The van der Waals surface area contributed by atoms with Gasteiger partial charge < -0.3 is 9.47 Å². The highest BCUT2D eigenvalue weighted by Crippen LogP contribution is 2.23. The van der Waals surface area contributed by atoms with Gasteiger partial charge in [-0.3, -0.25) is 0 Å². The van der Waals surface area contributed by atoms with Crippen LogP contribution in [0.15, 0.2) is 0 Å². The molecule has 0 unspecified atom stereocenters. The maximum Gasteiger partial charge on any atom is 0.417 e. The first kappa shape index (κ1) is 7.05. The summed E-state index contributed by atoms with van der Waals surface area (Å²) in [6.07, 6.45) is 1.69. The Bertz CT molecular complexity index is 159. The van der Waals surface area contributed by atoms with Crippen molar-refractivity contribution >= 4 is 11.9 Å². The largest absolute Gasteiger partial charge is 0.461 e. The highest BCUT2D eigenvalue weighted by Gasteiger charge is 2.29. The number of hydrogen-bond donors (Lipinski definition) is 0. The third kappa shape index (κ3) is 1.72. The number of ether oxygens (including phenoxy) is 2. The van der Waals surface area contributed by atoms with Gasteiger partial charge in [0.2, 0.25) is 0 Å². The molecule has 56 valence electrons. The summed E-state index contributed by atoms with van der Waals surface area (Å²) in [6, 6.07) is 0. The number of esters is 2. The van der Waals surface area contributed by atoms with E-state index in [2.05, 4.69) is 9.47 Å². The number of rotatable bonds is 1. The second-order valence-corrected chi connectivity index (χ2v) is 2.10. The highest BCUT2D eigenvalue weighted by molar-refractivity contribution is 6.29. The molecule has 0 N–H and O–H groups in total. The molecule has 0 amide bonds. The molecule has 10 heavy (non-hydrogen) atoms. The van der Waals surface area contributed by atoms with E-state index in [-0.39, 0.29) is 6.10 Å². The van der Waals surface area contributed by atoms with Crippen LogP contribution in [0, 0.1) is 0 Å².